The number of carbonyl (C=O) groups excluding carboxylic acids is 1. The van der Waals surface area contributed by atoms with Crippen molar-refractivity contribution < 1.29 is 14.7 Å². The van der Waals surface area contributed by atoms with Gasteiger partial charge in [0.25, 0.3) is 5.91 Å². The lowest BCUT2D eigenvalue weighted by molar-refractivity contribution is -0.137. The number of fused-ring (bicyclic) bond motifs is 2. The first-order chi connectivity index (χ1) is 15.5. The standard InChI is InChI=1S/C27H26N2O3/c1-29-25-15-18(17-7-3-2-4-8-17)11-12-21(25)22(27(29)32)16-24-20(13-14-26(30)31)19-9-5-6-10-23(19)28-24/h2-4,7-8,11-12,15-16,28H,5-6,9-10,13-14H2,1H3,(H,30,31). The maximum Gasteiger partial charge on any atom is 0.303 e. The molecule has 0 radical (unpaired) electrons. The maximum atomic E-state index is 13.2. The predicted octanol–water partition coefficient (Wildman–Crippen LogP) is 5.09. The summed E-state index contributed by atoms with van der Waals surface area (Å²) >= 11 is 0. The second kappa shape index (κ2) is 8.15. The van der Waals surface area contributed by atoms with Gasteiger partial charge in [-0.3, -0.25) is 9.59 Å². The summed E-state index contributed by atoms with van der Waals surface area (Å²) < 4.78 is 0. The van der Waals surface area contributed by atoms with Crippen molar-refractivity contribution in [1.82, 2.24) is 4.98 Å². The van der Waals surface area contributed by atoms with E-state index in [1.807, 2.05) is 37.4 Å². The van der Waals surface area contributed by atoms with E-state index in [0.717, 1.165) is 59.3 Å². The number of hydrogen-bond donors (Lipinski definition) is 2. The summed E-state index contributed by atoms with van der Waals surface area (Å²) in [5, 5.41) is 9.23. The van der Waals surface area contributed by atoms with Crippen LogP contribution >= 0.6 is 0 Å². The van der Waals surface area contributed by atoms with Gasteiger partial charge in [-0.2, -0.15) is 0 Å². The minimum absolute atomic E-state index is 0.0398. The van der Waals surface area contributed by atoms with Crippen LogP contribution in [0.3, 0.4) is 0 Å². The summed E-state index contributed by atoms with van der Waals surface area (Å²) in [5.74, 6) is -0.841. The van der Waals surface area contributed by atoms with Gasteiger partial charge < -0.3 is 15.0 Å². The Morgan fingerprint density at radius 2 is 1.88 bits per heavy atom. The molecule has 1 aromatic heterocycles. The minimum Gasteiger partial charge on any atom is -0.481 e. The SMILES string of the molecule is CN1C(=O)C(=Cc2[nH]c3c(c2CCC(=O)O)CCCC3)c2ccc(-c3ccccc3)cc21. The largest absolute Gasteiger partial charge is 0.481 e. The fraction of sp³-hybridized carbons (Fsp3) is 0.259. The molecule has 162 valence electrons. The summed E-state index contributed by atoms with van der Waals surface area (Å²) in [7, 11) is 1.81. The third-order valence-corrected chi connectivity index (χ3v) is 6.61. The number of amides is 1. The number of carbonyl (C=O) groups is 2. The Balaban J connectivity index is 1.58. The molecule has 1 amide bonds. The van der Waals surface area contributed by atoms with Crippen LogP contribution < -0.4 is 4.90 Å². The number of carboxylic acid groups (broad SMARTS) is 1. The second-order valence-electron chi connectivity index (χ2n) is 8.60. The summed E-state index contributed by atoms with van der Waals surface area (Å²) in [4.78, 5) is 29.6. The molecule has 2 N–H and O–H groups in total. The summed E-state index contributed by atoms with van der Waals surface area (Å²) in [6.07, 6.45) is 6.69. The zero-order valence-electron chi connectivity index (χ0n) is 18.1. The number of H-pyrrole nitrogens is 1. The number of carboxylic acids is 1. The van der Waals surface area contributed by atoms with Crippen molar-refractivity contribution in [3.63, 3.8) is 0 Å². The molecular formula is C27H26N2O3. The van der Waals surface area contributed by atoms with Gasteiger partial charge >= 0.3 is 5.97 Å². The van der Waals surface area contributed by atoms with Gasteiger partial charge in [-0.1, -0.05) is 42.5 Å². The summed E-state index contributed by atoms with van der Waals surface area (Å²) in [5.41, 5.74) is 9.03. The Morgan fingerprint density at radius 3 is 2.66 bits per heavy atom. The van der Waals surface area contributed by atoms with Crippen molar-refractivity contribution in [3.8, 4) is 11.1 Å². The van der Waals surface area contributed by atoms with Crippen LogP contribution in [0.5, 0.6) is 0 Å². The second-order valence-corrected chi connectivity index (χ2v) is 8.60. The molecule has 0 saturated carbocycles. The Hall–Kier alpha value is -3.60. The van der Waals surface area contributed by atoms with E-state index in [1.54, 1.807) is 4.90 Å². The van der Waals surface area contributed by atoms with Gasteiger partial charge in [0.05, 0.1) is 11.3 Å². The molecule has 2 aliphatic rings. The van der Waals surface area contributed by atoms with Crippen LogP contribution in [0.1, 0.15) is 47.3 Å². The Bertz CT molecular complexity index is 1240. The highest BCUT2D eigenvalue weighted by Crippen LogP contribution is 2.40. The van der Waals surface area contributed by atoms with Crippen LogP contribution in [0.15, 0.2) is 48.5 Å². The van der Waals surface area contributed by atoms with Gasteiger partial charge in [-0.15, -0.1) is 0 Å². The summed E-state index contributed by atoms with van der Waals surface area (Å²) in [6.45, 7) is 0. The van der Waals surface area contributed by atoms with Gasteiger partial charge in [0.2, 0.25) is 0 Å². The van der Waals surface area contributed by atoms with Crippen LogP contribution in [0.25, 0.3) is 22.8 Å². The minimum atomic E-state index is -0.801. The Morgan fingerprint density at radius 1 is 1.09 bits per heavy atom. The van der Waals surface area contributed by atoms with E-state index in [4.69, 9.17) is 0 Å². The fourth-order valence-corrected chi connectivity index (χ4v) is 4.95. The highest BCUT2D eigenvalue weighted by molar-refractivity contribution is 6.35. The highest BCUT2D eigenvalue weighted by atomic mass is 16.4. The molecule has 0 saturated heterocycles. The van der Waals surface area contributed by atoms with Crippen LogP contribution in [-0.2, 0) is 28.9 Å². The number of hydrogen-bond acceptors (Lipinski definition) is 2. The van der Waals surface area contributed by atoms with E-state index in [2.05, 4.69) is 29.2 Å². The highest BCUT2D eigenvalue weighted by Gasteiger charge is 2.31. The zero-order valence-corrected chi connectivity index (χ0v) is 18.1. The number of anilines is 1. The molecule has 5 nitrogen and oxygen atoms in total. The molecular weight excluding hydrogens is 400 g/mol. The van der Waals surface area contributed by atoms with Gasteiger partial charge in [-0.05, 0) is 66.5 Å². The van der Waals surface area contributed by atoms with Crippen molar-refractivity contribution in [2.75, 3.05) is 11.9 Å². The molecule has 5 rings (SSSR count). The van der Waals surface area contributed by atoms with E-state index < -0.39 is 5.97 Å². The molecule has 0 fully saturated rings. The zero-order chi connectivity index (χ0) is 22.2. The lowest BCUT2D eigenvalue weighted by Crippen LogP contribution is -2.20. The lowest BCUT2D eigenvalue weighted by Gasteiger charge is -2.12. The molecule has 1 aliphatic heterocycles. The number of aliphatic carboxylic acids is 1. The first-order valence-electron chi connectivity index (χ1n) is 11.2. The number of rotatable bonds is 5. The van der Waals surface area contributed by atoms with Crippen LogP contribution in [-0.4, -0.2) is 29.0 Å². The predicted molar refractivity (Wildman–Crippen MR) is 127 cm³/mol. The van der Waals surface area contributed by atoms with Crippen molar-refractivity contribution in [2.45, 2.75) is 38.5 Å². The van der Waals surface area contributed by atoms with Gasteiger partial charge in [0.15, 0.2) is 0 Å². The van der Waals surface area contributed by atoms with Crippen LogP contribution in [0.4, 0.5) is 5.69 Å². The van der Waals surface area contributed by atoms with Gasteiger partial charge in [-0.25, -0.2) is 0 Å². The number of aromatic amines is 1. The first-order valence-corrected chi connectivity index (χ1v) is 11.2. The van der Waals surface area contributed by atoms with Crippen molar-refractivity contribution in [3.05, 3.63) is 76.6 Å². The number of benzene rings is 2. The normalized spacial score (nSPS) is 16.3. The van der Waals surface area contributed by atoms with Crippen LogP contribution in [0.2, 0.25) is 0 Å². The Labute approximate surface area is 187 Å². The molecule has 0 bridgehead atoms. The van der Waals surface area contributed by atoms with Crippen molar-refractivity contribution in [2.24, 2.45) is 0 Å². The molecule has 2 heterocycles. The maximum absolute atomic E-state index is 13.2. The van der Waals surface area contributed by atoms with Crippen molar-refractivity contribution >= 4 is 29.2 Å². The van der Waals surface area contributed by atoms with E-state index in [0.29, 0.717) is 12.0 Å². The topological polar surface area (TPSA) is 73.4 Å². The number of aromatic nitrogens is 1. The van der Waals surface area contributed by atoms with Gasteiger partial charge in [0, 0.05) is 30.4 Å². The molecule has 32 heavy (non-hydrogen) atoms. The summed E-state index contributed by atoms with van der Waals surface area (Å²) in [6, 6.07) is 16.3. The smallest absolute Gasteiger partial charge is 0.303 e. The van der Waals surface area contributed by atoms with E-state index in [9.17, 15) is 14.7 Å². The first kappa shape index (κ1) is 20.3. The molecule has 0 unspecified atom stereocenters. The van der Waals surface area contributed by atoms with E-state index >= 15 is 0 Å². The lowest BCUT2D eigenvalue weighted by atomic mass is 9.92. The average Bonchev–Trinajstić information content (AvgIpc) is 3.28. The quantitative estimate of drug-likeness (QED) is 0.558. The fourth-order valence-electron chi connectivity index (χ4n) is 4.95. The van der Waals surface area contributed by atoms with Crippen molar-refractivity contribution in [1.29, 1.82) is 0 Å². The third-order valence-electron chi connectivity index (χ3n) is 6.61. The molecule has 0 spiro atoms. The molecule has 1 aliphatic carbocycles. The van der Waals surface area contributed by atoms with E-state index in [1.165, 1.54) is 11.3 Å². The third kappa shape index (κ3) is 3.54. The molecule has 3 aromatic rings. The van der Waals surface area contributed by atoms with Crippen LogP contribution in [0, 0.1) is 0 Å². The monoisotopic (exact) mass is 426 g/mol. The number of aryl methyl sites for hydroxylation is 1. The number of nitrogens with one attached hydrogen (secondary N) is 1. The Kier molecular flexibility index (Phi) is 5.17. The van der Waals surface area contributed by atoms with Gasteiger partial charge in [0.1, 0.15) is 0 Å². The molecule has 0 atom stereocenters. The molecule has 5 heteroatoms. The average molecular weight is 427 g/mol. The molecule has 2 aromatic carbocycles. The van der Waals surface area contributed by atoms with E-state index in [-0.39, 0.29) is 12.3 Å². The number of nitrogens with zero attached hydrogens (tertiary/aromatic N) is 1. The number of likely N-dealkylation sites (N-methyl/N-ethyl adjacent to an activating group) is 1.